The number of nitrogens with one attached hydrogen (secondary N) is 1. The van der Waals surface area contributed by atoms with Crippen LogP contribution in [0.1, 0.15) is 37.7 Å². The summed E-state index contributed by atoms with van der Waals surface area (Å²) in [5.41, 5.74) is 7.54. The molecular formula is C15H22N2O. The summed E-state index contributed by atoms with van der Waals surface area (Å²) < 4.78 is 0. The average Bonchev–Trinajstić information content (AvgIpc) is 2.39. The molecular weight excluding hydrogens is 224 g/mol. The van der Waals surface area contributed by atoms with Gasteiger partial charge in [0.25, 0.3) is 0 Å². The average molecular weight is 246 g/mol. The van der Waals surface area contributed by atoms with E-state index in [2.05, 4.69) is 5.32 Å². The molecule has 0 heterocycles. The Morgan fingerprint density at radius 1 is 1.33 bits per heavy atom. The molecule has 0 saturated heterocycles. The highest BCUT2D eigenvalue weighted by molar-refractivity contribution is 5.95. The molecule has 0 aliphatic heterocycles. The Bertz CT molecular complexity index is 422. The Morgan fingerprint density at radius 3 is 2.67 bits per heavy atom. The molecule has 0 atom stereocenters. The van der Waals surface area contributed by atoms with Crippen molar-refractivity contribution in [3.8, 4) is 0 Å². The zero-order valence-electron chi connectivity index (χ0n) is 11.0. The van der Waals surface area contributed by atoms with Gasteiger partial charge in [-0.25, -0.2) is 0 Å². The van der Waals surface area contributed by atoms with Gasteiger partial charge in [-0.15, -0.1) is 0 Å². The number of nitrogens with two attached hydrogens (primary N) is 1. The van der Waals surface area contributed by atoms with Crippen molar-refractivity contribution in [3.63, 3.8) is 0 Å². The second kappa shape index (κ2) is 5.53. The molecule has 1 fully saturated rings. The summed E-state index contributed by atoms with van der Waals surface area (Å²) in [5, 5.41) is 3.03. The monoisotopic (exact) mass is 246 g/mol. The minimum atomic E-state index is -0.345. The summed E-state index contributed by atoms with van der Waals surface area (Å²) in [6, 6.07) is 7.90. The van der Waals surface area contributed by atoms with Gasteiger partial charge in [0.05, 0.1) is 5.41 Å². The van der Waals surface area contributed by atoms with E-state index in [9.17, 15) is 4.79 Å². The Morgan fingerprint density at radius 2 is 2.06 bits per heavy atom. The minimum absolute atomic E-state index is 0.0929. The number of rotatable bonds is 3. The van der Waals surface area contributed by atoms with Crippen LogP contribution in [0.4, 0.5) is 5.69 Å². The lowest BCUT2D eigenvalue weighted by Crippen LogP contribution is -2.43. The summed E-state index contributed by atoms with van der Waals surface area (Å²) in [6.45, 7) is 2.47. The van der Waals surface area contributed by atoms with E-state index in [0.717, 1.165) is 36.9 Å². The fourth-order valence-electron chi connectivity index (χ4n) is 2.74. The molecule has 3 heteroatoms. The number of carbonyl (C=O) groups is 1. The van der Waals surface area contributed by atoms with Crippen LogP contribution >= 0.6 is 0 Å². The van der Waals surface area contributed by atoms with Crippen LogP contribution in [0.5, 0.6) is 0 Å². The summed E-state index contributed by atoms with van der Waals surface area (Å²) in [4.78, 5) is 12.4. The van der Waals surface area contributed by atoms with Gasteiger partial charge >= 0.3 is 0 Å². The molecule has 1 aromatic carbocycles. The van der Waals surface area contributed by atoms with E-state index < -0.39 is 0 Å². The van der Waals surface area contributed by atoms with Crippen molar-refractivity contribution in [1.82, 2.24) is 0 Å². The van der Waals surface area contributed by atoms with Crippen LogP contribution in [-0.2, 0) is 4.79 Å². The van der Waals surface area contributed by atoms with Gasteiger partial charge in [0.2, 0.25) is 5.91 Å². The van der Waals surface area contributed by atoms with Crippen LogP contribution in [0.2, 0.25) is 0 Å². The van der Waals surface area contributed by atoms with Crippen molar-refractivity contribution in [2.24, 2.45) is 11.1 Å². The molecule has 0 unspecified atom stereocenters. The van der Waals surface area contributed by atoms with Crippen LogP contribution in [0, 0.1) is 12.3 Å². The smallest absolute Gasteiger partial charge is 0.231 e. The maximum Gasteiger partial charge on any atom is 0.231 e. The Hall–Kier alpha value is -1.35. The summed E-state index contributed by atoms with van der Waals surface area (Å²) in [6.07, 6.45) is 5.28. The maximum atomic E-state index is 12.4. The molecule has 1 aromatic rings. The first-order valence-electron chi connectivity index (χ1n) is 6.74. The number of hydrogen-bond acceptors (Lipinski definition) is 2. The lowest BCUT2D eigenvalue weighted by Gasteiger charge is -2.34. The van der Waals surface area contributed by atoms with Crippen LogP contribution in [0.3, 0.4) is 0 Å². The molecule has 0 radical (unpaired) electrons. The highest BCUT2D eigenvalue weighted by Gasteiger charge is 2.38. The summed E-state index contributed by atoms with van der Waals surface area (Å²) in [7, 11) is 0. The van der Waals surface area contributed by atoms with E-state index in [1.807, 2.05) is 31.2 Å². The number of benzene rings is 1. The molecule has 0 aromatic heterocycles. The van der Waals surface area contributed by atoms with Crippen molar-refractivity contribution >= 4 is 11.6 Å². The SMILES string of the molecule is Cc1cccc(NC(=O)C2(CN)CCCCC2)c1. The molecule has 1 saturated carbocycles. The predicted molar refractivity (Wildman–Crippen MR) is 74.4 cm³/mol. The van der Waals surface area contributed by atoms with Crippen molar-refractivity contribution in [2.45, 2.75) is 39.0 Å². The second-order valence-corrected chi connectivity index (χ2v) is 5.37. The Kier molecular flexibility index (Phi) is 4.02. The van der Waals surface area contributed by atoms with Gasteiger partial charge in [-0.2, -0.15) is 0 Å². The Balaban J connectivity index is 2.10. The van der Waals surface area contributed by atoms with E-state index >= 15 is 0 Å². The van der Waals surface area contributed by atoms with Gasteiger partial charge in [-0.1, -0.05) is 31.4 Å². The van der Waals surface area contributed by atoms with Gasteiger partial charge < -0.3 is 11.1 Å². The molecule has 3 nitrogen and oxygen atoms in total. The number of aryl methyl sites for hydroxylation is 1. The topological polar surface area (TPSA) is 55.1 Å². The van der Waals surface area contributed by atoms with E-state index in [1.54, 1.807) is 0 Å². The highest BCUT2D eigenvalue weighted by Crippen LogP contribution is 2.36. The van der Waals surface area contributed by atoms with Crippen molar-refractivity contribution in [1.29, 1.82) is 0 Å². The molecule has 1 aliphatic carbocycles. The van der Waals surface area contributed by atoms with E-state index in [4.69, 9.17) is 5.73 Å². The van der Waals surface area contributed by atoms with Gasteiger partial charge in [0.1, 0.15) is 0 Å². The number of amides is 1. The third-order valence-electron chi connectivity index (χ3n) is 3.96. The molecule has 1 aliphatic rings. The zero-order chi connectivity index (χ0) is 13.0. The first-order chi connectivity index (χ1) is 8.66. The van der Waals surface area contributed by atoms with Crippen LogP contribution in [-0.4, -0.2) is 12.5 Å². The summed E-state index contributed by atoms with van der Waals surface area (Å²) in [5.74, 6) is 0.0929. The Labute approximate surface area is 109 Å². The van der Waals surface area contributed by atoms with Gasteiger partial charge in [0.15, 0.2) is 0 Å². The third kappa shape index (κ3) is 2.72. The number of anilines is 1. The van der Waals surface area contributed by atoms with E-state index in [-0.39, 0.29) is 11.3 Å². The zero-order valence-corrected chi connectivity index (χ0v) is 11.0. The third-order valence-corrected chi connectivity index (χ3v) is 3.96. The normalized spacial score (nSPS) is 18.3. The predicted octanol–water partition coefficient (Wildman–Crippen LogP) is 2.84. The lowest BCUT2D eigenvalue weighted by molar-refractivity contribution is -0.126. The van der Waals surface area contributed by atoms with Gasteiger partial charge in [-0.3, -0.25) is 4.79 Å². The van der Waals surface area contributed by atoms with Crippen LogP contribution in [0.15, 0.2) is 24.3 Å². The molecule has 18 heavy (non-hydrogen) atoms. The fraction of sp³-hybridized carbons (Fsp3) is 0.533. The van der Waals surface area contributed by atoms with Crippen LogP contribution in [0.25, 0.3) is 0 Å². The summed E-state index contributed by atoms with van der Waals surface area (Å²) >= 11 is 0. The molecule has 3 N–H and O–H groups in total. The lowest BCUT2D eigenvalue weighted by atomic mass is 9.73. The largest absolute Gasteiger partial charge is 0.329 e. The van der Waals surface area contributed by atoms with Crippen LogP contribution < -0.4 is 11.1 Å². The first kappa shape index (κ1) is 13.1. The van der Waals surface area contributed by atoms with E-state index in [1.165, 1.54) is 6.42 Å². The van der Waals surface area contributed by atoms with Crippen molar-refractivity contribution < 1.29 is 4.79 Å². The minimum Gasteiger partial charge on any atom is -0.329 e. The molecule has 98 valence electrons. The second-order valence-electron chi connectivity index (χ2n) is 5.37. The quantitative estimate of drug-likeness (QED) is 0.861. The highest BCUT2D eigenvalue weighted by atomic mass is 16.2. The molecule has 1 amide bonds. The first-order valence-corrected chi connectivity index (χ1v) is 6.74. The molecule has 2 rings (SSSR count). The van der Waals surface area contributed by atoms with Gasteiger partial charge in [0, 0.05) is 12.2 Å². The standard InChI is InChI=1S/C15H22N2O/c1-12-6-5-7-13(10-12)17-14(18)15(11-16)8-3-2-4-9-15/h5-7,10H,2-4,8-9,11,16H2,1H3,(H,17,18). The van der Waals surface area contributed by atoms with Crippen molar-refractivity contribution in [3.05, 3.63) is 29.8 Å². The molecule has 0 spiro atoms. The fourth-order valence-corrected chi connectivity index (χ4v) is 2.74. The number of carbonyl (C=O) groups excluding carboxylic acids is 1. The number of hydrogen-bond donors (Lipinski definition) is 2. The van der Waals surface area contributed by atoms with E-state index in [0.29, 0.717) is 6.54 Å². The molecule has 0 bridgehead atoms. The van der Waals surface area contributed by atoms with Gasteiger partial charge in [-0.05, 0) is 37.5 Å². The van der Waals surface area contributed by atoms with Crippen molar-refractivity contribution in [2.75, 3.05) is 11.9 Å². The maximum absolute atomic E-state index is 12.4.